The van der Waals surface area contributed by atoms with Crippen molar-refractivity contribution >= 4 is 11.7 Å². The minimum atomic E-state index is 0.0246. The van der Waals surface area contributed by atoms with E-state index in [-0.39, 0.29) is 30.6 Å². The number of hydrogen-bond acceptors (Lipinski definition) is 4. The number of amides is 1. The van der Waals surface area contributed by atoms with E-state index in [1.54, 1.807) is 0 Å². The van der Waals surface area contributed by atoms with Crippen molar-refractivity contribution in [2.24, 2.45) is 0 Å². The zero-order valence-corrected chi connectivity index (χ0v) is 17.1. The number of carbonyl (C=O) groups is 2. The van der Waals surface area contributed by atoms with E-state index in [0.717, 1.165) is 47.6 Å². The van der Waals surface area contributed by atoms with Crippen LogP contribution in [0, 0.1) is 13.8 Å². The maximum Gasteiger partial charge on any atom is 0.223 e. The van der Waals surface area contributed by atoms with Gasteiger partial charge in [-0.05, 0) is 61.6 Å². The Labute approximate surface area is 171 Å². The fraction of sp³-hybridized carbons (Fsp3) is 0.417. The second kappa shape index (κ2) is 8.27. The second-order valence-electron chi connectivity index (χ2n) is 7.87. The van der Waals surface area contributed by atoms with Crippen LogP contribution in [0.2, 0.25) is 0 Å². The van der Waals surface area contributed by atoms with Crippen molar-refractivity contribution < 1.29 is 19.1 Å². The van der Waals surface area contributed by atoms with Crippen molar-refractivity contribution in [3.05, 3.63) is 58.7 Å². The molecule has 2 heterocycles. The summed E-state index contributed by atoms with van der Waals surface area (Å²) in [5.41, 5.74) is 4.02. The first kappa shape index (κ1) is 19.5. The predicted molar refractivity (Wildman–Crippen MR) is 111 cm³/mol. The van der Waals surface area contributed by atoms with Gasteiger partial charge >= 0.3 is 0 Å². The largest absolute Gasteiger partial charge is 0.486 e. The van der Waals surface area contributed by atoms with Crippen molar-refractivity contribution in [1.82, 2.24) is 4.90 Å². The van der Waals surface area contributed by atoms with E-state index in [4.69, 9.17) is 9.47 Å². The van der Waals surface area contributed by atoms with E-state index in [9.17, 15) is 9.59 Å². The first-order chi connectivity index (χ1) is 14.0. The Kier molecular flexibility index (Phi) is 5.56. The van der Waals surface area contributed by atoms with Crippen LogP contribution < -0.4 is 9.47 Å². The molecule has 0 aliphatic carbocycles. The third-order valence-electron chi connectivity index (χ3n) is 5.92. The van der Waals surface area contributed by atoms with Gasteiger partial charge in [0.15, 0.2) is 17.3 Å². The topological polar surface area (TPSA) is 55.8 Å². The molecule has 2 aromatic carbocycles. The molecule has 0 N–H and O–H groups in total. The minimum absolute atomic E-state index is 0.0246. The zero-order valence-electron chi connectivity index (χ0n) is 17.1. The Balaban J connectivity index is 1.41. The van der Waals surface area contributed by atoms with Gasteiger partial charge in [0.25, 0.3) is 0 Å². The summed E-state index contributed by atoms with van der Waals surface area (Å²) in [5.74, 6) is 1.57. The van der Waals surface area contributed by atoms with Crippen LogP contribution in [-0.4, -0.2) is 36.3 Å². The average Bonchev–Trinajstić information content (AvgIpc) is 3.23. The number of aryl methyl sites for hydroxylation is 2. The number of hydrogen-bond donors (Lipinski definition) is 0. The van der Waals surface area contributed by atoms with E-state index in [1.165, 1.54) is 0 Å². The van der Waals surface area contributed by atoms with Gasteiger partial charge < -0.3 is 14.4 Å². The van der Waals surface area contributed by atoms with Gasteiger partial charge in [-0.1, -0.05) is 18.2 Å². The lowest BCUT2D eigenvalue weighted by Crippen LogP contribution is -2.31. The minimum Gasteiger partial charge on any atom is -0.486 e. The molecule has 2 aliphatic rings. The predicted octanol–water partition coefficient (Wildman–Crippen LogP) is 4.40. The number of likely N-dealkylation sites (tertiary alicyclic amines) is 1. The lowest BCUT2D eigenvalue weighted by molar-refractivity contribution is -0.132. The Morgan fingerprint density at radius 1 is 0.966 bits per heavy atom. The van der Waals surface area contributed by atoms with E-state index in [0.29, 0.717) is 18.8 Å². The highest BCUT2D eigenvalue weighted by atomic mass is 16.6. The van der Waals surface area contributed by atoms with Gasteiger partial charge in [0, 0.05) is 24.9 Å². The van der Waals surface area contributed by atoms with Gasteiger partial charge in [-0.2, -0.15) is 0 Å². The third-order valence-corrected chi connectivity index (χ3v) is 5.92. The fourth-order valence-electron chi connectivity index (χ4n) is 4.10. The molecule has 0 saturated carbocycles. The van der Waals surface area contributed by atoms with Gasteiger partial charge in [-0.25, -0.2) is 0 Å². The number of ketones is 1. The van der Waals surface area contributed by atoms with Crippen LogP contribution in [0.15, 0.2) is 36.4 Å². The second-order valence-corrected chi connectivity index (χ2v) is 7.87. The summed E-state index contributed by atoms with van der Waals surface area (Å²) in [6.45, 7) is 5.87. The van der Waals surface area contributed by atoms with Crippen LogP contribution in [0.5, 0.6) is 11.5 Å². The highest BCUT2D eigenvalue weighted by Crippen LogP contribution is 2.38. The number of fused-ring (bicyclic) bond motifs is 1. The van der Waals surface area contributed by atoms with Gasteiger partial charge in [0.1, 0.15) is 13.2 Å². The van der Waals surface area contributed by atoms with E-state index in [1.807, 2.05) is 55.1 Å². The third kappa shape index (κ3) is 4.14. The molecule has 0 spiro atoms. The van der Waals surface area contributed by atoms with Crippen LogP contribution in [0.4, 0.5) is 0 Å². The van der Waals surface area contributed by atoms with Gasteiger partial charge in [-0.15, -0.1) is 0 Å². The summed E-state index contributed by atoms with van der Waals surface area (Å²) in [6.07, 6.45) is 2.38. The van der Waals surface area contributed by atoms with E-state index in [2.05, 4.69) is 0 Å². The molecule has 5 heteroatoms. The van der Waals surface area contributed by atoms with Gasteiger partial charge in [0.05, 0.1) is 6.04 Å². The van der Waals surface area contributed by atoms with Crippen LogP contribution >= 0.6 is 0 Å². The maximum atomic E-state index is 12.9. The molecular weight excluding hydrogens is 366 g/mol. The van der Waals surface area contributed by atoms with Crippen molar-refractivity contribution in [2.45, 2.75) is 45.6 Å². The molecular formula is C24H27NO4. The quantitative estimate of drug-likeness (QED) is 0.707. The van der Waals surface area contributed by atoms with Crippen LogP contribution in [-0.2, 0) is 4.79 Å². The highest BCUT2D eigenvalue weighted by Gasteiger charge is 2.31. The van der Waals surface area contributed by atoms with Crippen LogP contribution in [0.1, 0.15) is 58.8 Å². The maximum absolute atomic E-state index is 12.9. The summed E-state index contributed by atoms with van der Waals surface area (Å²) < 4.78 is 11.3. The molecule has 4 rings (SSSR count). The molecule has 1 saturated heterocycles. The number of rotatable bonds is 5. The summed E-state index contributed by atoms with van der Waals surface area (Å²) in [6, 6.07) is 11.7. The normalized spacial score (nSPS) is 18.0. The SMILES string of the molecule is Cc1ccc(C(=O)CCC(=O)N2CCCC2c2ccc3c(c2)OCCO3)cc1C. The van der Waals surface area contributed by atoms with Crippen molar-refractivity contribution in [2.75, 3.05) is 19.8 Å². The highest BCUT2D eigenvalue weighted by molar-refractivity contribution is 5.98. The smallest absolute Gasteiger partial charge is 0.223 e. The Morgan fingerprint density at radius 2 is 1.76 bits per heavy atom. The molecule has 0 aromatic heterocycles. The summed E-state index contributed by atoms with van der Waals surface area (Å²) >= 11 is 0. The number of nitrogens with zero attached hydrogens (tertiary/aromatic N) is 1. The molecule has 5 nitrogen and oxygen atoms in total. The zero-order chi connectivity index (χ0) is 20.4. The number of Topliss-reactive ketones (excluding diaryl/α,β-unsaturated/α-hetero) is 1. The molecule has 2 aliphatic heterocycles. The van der Waals surface area contributed by atoms with Crippen molar-refractivity contribution in [1.29, 1.82) is 0 Å². The van der Waals surface area contributed by atoms with Gasteiger partial charge in [-0.3, -0.25) is 9.59 Å². The number of ether oxygens (including phenoxy) is 2. The fourth-order valence-corrected chi connectivity index (χ4v) is 4.10. The number of carbonyl (C=O) groups excluding carboxylic acids is 2. The monoisotopic (exact) mass is 393 g/mol. The van der Waals surface area contributed by atoms with Gasteiger partial charge in [0.2, 0.25) is 5.91 Å². The first-order valence-electron chi connectivity index (χ1n) is 10.3. The molecule has 1 unspecified atom stereocenters. The molecule has 0 radical (unpaired) electrons. The Morgan fingerprint density at radius 3 is 2.55 bits per heavy atom. The van der Waals surface area contributed by atoms with Crippen LogP contribution in [0.25, 0.3) is 0 Å². The summed E-state index contributed by atoms with van der Waals surface area (Å²) in [4.78, 5) is 27.3. The Hall–Kier alpha value is -2.82. The molecule has 2 aromatic rings. The standard InChI is InChI=1S/C24H27NO4/c1-16-5-6-19(14-17(16)2)21(26)8-10-24(27)25-11-3-4-20(25)18-7-9-22-23(15-18)29-13-12-28-22/h5-7,9,14-15,20H,3-4,8,10-13H2,1-2H3. The van der Waals surface area contributed by atoms with Crippen molar-refractivity contribution in [3.63, 3.8) is 0 Å². The molecule has 1 amide bonds. The summed E-state index contributed by atoms with van der Waals surface area (Å²) in [5, 5.41) is 0. The molecule has 1 atom stereocenters. The van der Waals surface area contributed by atoms with E-state index >= 15 is 0 Å². The first-order valence-corrected chi connectivity index (χ1v) is 10.3. The van der Waals surface area contributed by atoms with Crippen molar-refractivity contribution in [3.8, 4) is 11.5 Å². The molecule has 29 heavy (non-hydrogen) atoms. The Bertz CT molecular complexity index is 936. The molecule has 0 bridgehead atoms. The lowest BCUT2D eigenvalue weighted by Gasteiger charge is -2.26. The molecule has 152 valence electrons. The molecule has 1 fully saturated rings. The number of benzene rings is 2. The van der Waals surface area contributed by atoms with Crippen LogP contribution in [0.3, 0.4) is 0 Å². The lowest BCUT2D eigenvalue weighted by atomic mass is 10.0. The summed E-state index contributed by atoms with van der Waals surface area (Å²) in [7, 11) is 0. The van der Waals surface area contributed by atoms with E-state index < -0.39 is 0 Å². The average molecular weight is 393 g/mol.